The van der Waals surface area contributed by atoms with E-state index < -0.39 is 0 Å². The van der Waals surface area contributed by atoms with Crippen molar-refractivity contribution in [2.75, 3.05) is 6.54 Å². The quantitative estimate of drug-likeness (QED) is 0.705. The Morgan fingerprint density at radius 3 is 2.50 bits per heavy atom. The van der Waals surface area contributed by atoms with Crippen molar-refractivity contribution in [2.24, 2.45) is 0 Å². The van der Waals surface area contributed by atoms with Crippen LogP contribution >= 0.6 is 0 Å². The highest BCUT2D eigenvalue weighted by molar-refractivity contribution is 5.36. The summed E-state index contributed by atoms with van der Waals surface area (Å²) in [6, 6.07) is 9.25. The highest BCUT2D eigenvalue weighted by Crippen LogP contribution is 2.29. The van der Waals surface area contributed by atoms with E-state index in [9.17, 15) is 0 Å². The fraction of sp³-hybridized carbons (Fsp3) is 0.700. The number of para-hydroxylation sites is 1. The molecule has 2 atom stereocenters. The van der Waals surface area contributed by atoms with Crippen molar-refractivity contribution >= 4 is 0 Å². The van der Waals surface area contributed by atoms with Gasteiger partial charge in [0.05, 0.1) is 0 Å². The molecule has 0 amide bonds. The van der Waals surface area contributed by atoms with Crippen LogP contribution in [0.2, 0.25) is 0 Å². The molecule has 124 valence electrons. The number of benzene rings is 1. The fourth-order valence-corrected chi connectivity index (χ4v) is 3.27. The summed E-state index contributed by atoms with van der Waals surface area (Å²) in [5.41, 5.74) is 1.35. The lowest BCUT2D eigenvalue weighted by Crippen LogP contribution is -2.38. The Balaban J connectivity index is 1.92. The summed E-state index contributed by atoms with van der Waals surface area (Å²) in [4.78, 5) is 0. The normalized spacial score (nSPS) is 18.9. The van der Waals surface area contributed by atoms with Crippen molar-refractivity contribution in [2.45, 2.75) is 83.8 Å². The third kappa shape index (κ3) is 5.01. The molecule has 0 unspecified atom stereocenters. The second kappa shape index (κ2) is 9.19. The summed E-state index contributed by atoms with van der Waals surface area (Å²) >= 11 is 0. The van der Waals surface area contributed by atoms with Crippen molar-refractivity contribution in [3.8, 4) is 5.75 Å². The van der Waals surface area contributed by atoms with Crippen LogP contribution in [0.4, 0.5) is 0 Å². The minimum absolute atomic E-state index is 0.270. The van der Waals surface area contributed by atoms with Gasteiger partial charge >= 0.3 is 0 Å². The van der Waals surface area contributed by atoms with E-state index in [0.29, 0.717) is 12.0 Å². The molecule has 2 rings (SSSR count). The predicted octanol–water partition coefficient (Wildman–Crippen LogP) is 5.28. The van der Waals surface area contributed by atoms with E-state index in [-0.39, 0.29) is 6.10 Å². The summed E-state index contributed by atoms with van der Waals surface area (Å²) in [6.45, 7) is 7.71. The minimum Gasteiger partial charge on any atom is -0.489 e. The monoisotopic (exact) mass is 303 g/mol. The fourth-order valence-electron chi connectivity index (χ4n) is 3.27. The molecule has 0 spiro atoms. The van der Waals surface area contributed by atoms with Gasteiger partial charge in [0.15, 0.2) is 0 Å². The number of nitrogens with one attached hydrogen (secondary N) is 1. The van der Waals surface area contributed by atoms with Gasteiger partial charge in [-0.15, -0.1) is 0 Å². The van der Waals surface area contributed by atoms with Crippen LogP contribution in [0.1, 0.15) is 77.2 Å². The molecule has 0 radical (unpaired) electrons. The molecule has 1 aliphatic rings. The lowest BCUT2D eigenvalue weighted by atomic mass is 9.95. The first-order chi connectivity index (χ1) is 10.7. The Morgan fingerprint density at radius 2 is 1.82 bits per heavy atom. The maximum absolute atomic E-state index is 6.35. The van der Waals surface area contributed by atoms with Gasteiger partial charge in [0.1, 0.15) is 11.9 Å². The number of hydrogen-bond donors (Lipinski definition) is 1. The molecule has 0 aliphatic heterocycles. The molecule has 1 N–H and O–H groups in total. The number of hydrogen-bond acceptors (Lipinski definition) is 2. The molecule has 1 aliphatic carbocycles. The van der Waals surface area contributed by atoms with Crippen molar-refractivity contribution in [1.29, 1.82) is 0 Å². The second-order valence-corrected chi connectivity index (χ2v) is 6.74. The van der Waals surface area contributed by atoms with Crippen molar-refractivity contribution < 1.29 is 4.74 Å². The molecule has 1 fully saturated rings. The van der Waals surface area contributed by atoms with E-state index in [4.69, 9.17) is 4.74 Å². The SMILES string of the molecule is CC[C@@H](CNC1CCCCC1)Oc1ccccc1[C@@H](C)CC. The van der Waals surface area contributed by atoms with Crippen LogP contribution < -0.4 is 10.1 Å². The first-order valence-corrected chi connectivity index (χ1v) is 9.23. The first kappa shape index (κ1) is 17.3. The Labute approximate surface area is 136 Å². The number of ether oxygens (including phenoxy) is 1. The zero-order chi connectivity index (χ0) is 15.8. The van der Waals surface area contributed by atoms with Gasteiger partial charge in [0.25, 0.3) is 0 Å². The molecule has 0 heterocycles. The Morgan fingerprint density at radius 1 is 1.09 bits per heavy atom. The highest BCUT2D eigenvalue weighted by atomic mass is 16.5. The Hall–Kier alpha value is -1.02. The smallest absolute Gasteiger partial charge is 0.123 e. The molecule has 0 saturated heterocycles. The molecule has 0 bridgehead atoms. The molecule has 1 aromatic rings. The van der Waals surface area contributed by atoms with E-state index in [2.05, 4.69) is 50.4 Å². The Kier molecular flexibility index (Phi) is 7.24. The van der Waals surface area contributed by atoms with Gasteiger partial charge in [-0.1, -0.05) is 58.2 Å². The topological polar surface area (TPSA) is 21.3 Å². The van der Waals surface area contributed by atoms with Crippen LogP contribution in [-0.4, -0.2) is 18.7 Å². The van der Waals surface area contributed by atoms with E-state index in [1.165, 1.54) is 37.7 Å². The van der Waals surface area contributed by atoms with Crippen molar-refractivity contribution in [1.82, 2.24) is 5.32 Å². The summed E-state index contributed by atoms with van der Waals surface area (Å²) in [5.74, 6) is 1.63. The van der Waals surface area contributed by atoms with Gasteiger partial charge in [-0.05, 0) is 43.2 Å². The lowest BCUT2D eigenvalue weighted by Gasteiger charge is -2.27. The zero-order valence-electron chi connectivity index (χ0n) is 14.6. The molecule has 1 aromatic carbocycles. The minimum atomic E-state index is 0.270. The van der Waals surface area contributed by atoms with Gasteiger partial charge < -0.3 is 10.1 Å². The molecule has 2 heteroatoms. The van der Waals surface area contributed by atoms with Crippen molar-refractivity contribution in [3.63, 3.8) is 0 Å². The van der Waals surface area contributed by atoms with Crippen molar-refractivity contribution in [3.05, 3.63) is 29.8 Å². The van der Waals surface area contributed by atoms with E-state index in [1.807, 2.05) is 0 Å². The second-order valence-electron chi connectivity index (χ2n) is 6.74. The standard InChI is InChI=1S/C20H33NO/c1-4-16(3)19-13-9-10-14-20(19)22-18(5-2)15-21-17-11-7-6-8-12-17/h9-10,13-14,16-18,21H,4-8,11-12,15H2,1-3H3/t16-,18-/m0/s1. The van der Waals surface area contributed by atoms with Gasteiger partial charge in [-0.3, -0.25) is 0 Å². The van der Waals surface area contributed by atoms with Crippen LogP contribution in [0.15, 0.2) is 24.3 Å². The van der Waals surface area contributed by atoms with Crippen LogP contribution in [0, 0.1) is 0 Å². The first-order valence-electron chi connectivity index (χ1n) is 9.23. The van der Waals surface area contributed by atoms with Crippen LogP contribution in [0.25, 0.3) is 0 Å². The van der Waals surface area contributed by atoms with E-state index in [1.54, 1.807) is 0 Å². The maximum atomic E-state index is 6.35. The van der Waals surface area contributed by atoms with Crippen LogP contribution in [0.3, 0.4) is 0 Å². The molecule has 2 nitrogen and oxygen atoms in total. The average molecular weight is 303 g/mol. The van der Waals surface area contributed by atoms with Gasteiger partial charge in [-0.2, -0.15) is 0 Å². The maximum Gasteiger partial charge on any atom is 0.123 e. The van der Waals surface area contributed by atoms with E-state index in [0.717, 1.165) is 25.1 Å². The summed E-state index contributed by atoms with van der Waals surface area (Å²) < 4.78 is 6.35. The zero-order valence-corrected chi connectivity index (χ0v) is 14.6. The highest BCUT2D eigenvalue weighted by Gasteiger charge is 2.17. The molecular weight excluding hydrogens is 270 g/mol. The largest absolute Gasteiger partial charge is 0.489 e. The number of rotatable bonds is 8. The summed E-state index contributed by atoms with van der Waals surface area (Å²) in [5, 5.41) is 3.73. The Bertz CT molecular complexity index is 425. The molecule has 0 aromatic heterocycles. The van der Waals surface area contributed by atoms with E-state index >= 15 is 0 Å². The lowest BCUT2D eigenvalue weighted by molar-refractivity contribution is 0.181. The van der Waals surface area contributed by atoms with Gasteiger partial charge in [0, 0.05) is 12.6 Å². The summed E-state index contributed by atoms with van der Waals surface area (Å²) in [6.07, 6.45) is 9.31. The molecule has 22 heavy (non-hydrogen) atoms. The van der Waals surface area contributed by atoms with Crippen LogP contribution in [-0.2, 0) is 0 Å². The summed E-state index contributed by atoms with van der Waals surface area (Å²) in [7, 11) is 0. The molecule has 1 saturated carbocycles. The average Bonchev–Trinajstić information content (AvgIpc) is 2.59. The van der Waals surface area contributed by atoms with Gasteiger partial charge in [0.2, 0.25) is 0 Å². The van der Waals surface area contributed by atoms with Crippen LogP contribution in [0.5, 0.6) is 5.75 Å². The predicted molar refractivity (Wildman–Crippen MR) is 94.7 cm³/mol. The third-order valence-corrected chi connectivity index (χ3v) is 5.05. The van der Waals surface area contributed by atoms with Gasteiger partial charge in [-0.25, -0.2) is 0 Å². The molecular formula is C20H33NO. The third-order valence-electron chi connectivity index (χ3n) is 5.05.